The van der Waals surface area contributed by atoms with Gasteiger partial charge in [-0.1, -0.05) is 13.0 Å². The van der Waals surface area contributed by atoms with Crippen LogP contribution in [-0.2, 0) is 14.8 Å². The summed E-state index contributed by atoms with van der Waals surface area (Å²) in [6.45, 7) is 1.94. The number of methoxy groups -OCH3 is 1. The van der Waals surface area contributed by atoms with Crippen LogP contribution in [0.25, 0.3) is 0 Å². The first-order valence-corrected chi connectivity index (χ1v) is 7.61. The van der Waals surface area contributed by atoms with Crippen molar-refractivity contribution in [2.75, 3.05) is 19.1 Å². The molecule has 1 aromatic carbocycles. The van der Waals surface area contributed by atoms with Gasteiger partial charge in [-0.25, -0.2) is 13.1 Å². The molecular formula is C11H18N4O5S. The number of hydrogen-bond donors (Lipinski definition) is 3. The summed E-state index contributed by atoms with van der Waals surface area (Å²) in [7, 11) is -2.63. The maximum absolute atomic E-state index is 12.3. The number of nitro benzene ring substituents is 1. The van der Waals surface area contributed by atoms with Crippen molar-refractivity contribution in [2.45, 2.75) is 24.3 Å². The Morgan fingerprint density at radius 1 is 1.48 bits per heavy atom. The summed E-state index contributed by atoms with van der Waals surface area (Å²) in [5, 5.41) is 11.1. The van der Waals surface area contributed by atoms with Crippen LogP contribution in [0.3, 0.4) is 0 Å². The highest BCUT2D eigenvalue weighted by molar-refractivity contribution is 7.89. The molecule has 0 radical (unpaired) electrons. The Hall–Kier alpha value is -1.75. The van der Waals surface area contributed by atoms with Crippen LogP contribution in [-0.4, -0.2) is 33.1 Å². The number of nitro groups is 1. The number of hydrazine groups is 1. The SMILES string of the molecule is CCC(COC)NS(=O)(=O)c1cccc(NN)c1[N+](=O)[O-]. The van der Waals surface area contributed by atoms with Crippen molar-refractivity contribution in [3.63, 3.8) is 0 Å². The Balaban J connectivity index is 3.28. The average Bonchev–Trinajstić information content (AvgIpc) is 2.45. The van der Waals surface area contributed by atoms with E-state index in [0.29, 0.717) is 6.42 Å². The molecule has 9 nitrogen and oxygen atoms in total. The number of anilines is 1. The van der Waals surface area contributed by atoms with E-state index < -0.39 is 31.6 Å². The highest BCUT2D eigenvalue weighted by Crippen LogP contribution is 2.31. The molecule has 0 aliphatic carbocycles. The molecule has 118 valence electrons. The number of rotatable bonds is 8. The number of hydrogen-bond acceptors (Lipinski definition) is 7. The normalized spacial score (nSPS) is 12.9. The fourth-order valence-corrected chi connectivity index (χ4v) is 3.26. The quantitative estimate of drug-likeness (QED) is 0.362. The summed E-state index contributed by atoms with van der Waals surface area (Å²) in [5.41, 5.74) is 1.44. The first-order chi connectivity index (χ1) is 9.87. The Labute approximate surface area is 122 Å². The van der Waals surface area contributed by atoms with Gasteiger partial charge in [0.15, 0.2) is 4.90 Å². The lowest BCUT2D eigenvalue weighted by Gasteiger charge is -2.16. The Kier molecular flexibility index (Phi) is 6.03. The molecule has 0 heterocycles. The lowest BCUT2D eigenvalue weighted by Crippen LogP contribution is -2.37. The standard InChI is InChI=1S/C11H18N4O5S/c1-3-8(7-20-2)14-21(18,19)10-6-4-5-9(13-12)11(10)15(16)17/h4-6,8,13-14H,3,7,12H2,1-2H3. The highest BCUT2D eigenvalue weighted by atomic mass is 32.2. The van der Waals surface area contributed by atoms with Crippen LogP contribution in [0, 0.1) is 10.1 Å². The fourth-order valence-electron chi connectivity index (χ4n) is 1.76. The summed E-state index contributed by atoms with van der Waals surface area (Å²) in [6.07, 6.45) is 0.482. The van der Waals surface area contributed by atoms with E-state index in [1.54, 1.807) is 6.92 Å². The molecule has 1 rings (SSSR count). The van der Waals surface area contributed by atoms with Crippen LogP contribution in [0.1, 0.15) is 13.3 Å². The molecule has 0 bridgehead atoms. The number of nitrogens with one attached hydrogen (secondary N) is 2. The number of ether oxygens (including phenoxy) is 1. The summed E-state index contributed by atoms with van der Waals surface area (Å²) in [6, 6.07) is 3.37. The van der Waals surface area contributed by atoms with E-state index in [1.807, 2.05) is 0 Å². The van der Waals surface area contributed by atoms with Crippen molar-refractivity contribution in [1.82, 2.24) is 4.72 Å². The van der Waals surface area contributed by atoms with Crippen molar-refractivity contribution >= 4 is 21.4 Å². The average molecular weight is 318 g/mol. The topological polar surface area (TPSA) is 137 Å². The van der Waals surface area contributed by atoms with Gasteiger partial charge in [0.05, 0.1) is 11.5 Å². The molecule has 21 heavy (non-hydrogen) atoms. The summed E-state index contributed by atoms with van der Waals surface area (Å²) in [4.78, 5) is 9.88. The van der Waals surface area contributed by atoms with E-state index in [1.165, 1.54) is 19.2 Å². The first-order valence-electron chi connectivity index (χ1n) is 6.12. The molecular weight excluding hydrogens is 300 g/mol. The first kappa shape index (κ1) is 17.3. The zero-order valence-electron chi connectivity index (χ0n) is 11.7. The van der Waals surface area contributed by atoms with Gasteiger partial charge in [0.1, 0.15) is 5.69 Å². The molecule has 0 saturated heterocycles. The van der Waals surface area contributed by atoms with Gasteiger partial charge < -0.3 is 10.2 Å². The van der Waals surface area contributed by atoms with E-state index in [-0.39, 0.29) is 12.3 Å². The zero-order valence-corrected chi connectivity index (χ0v) is 12.5. The second-order valence-electron chi connectivity index (χ2n) is 4.24. The summed E-state index contributed by atoms with van der Waals surface area (Å²) in [5.74, 6) is 5.19. The Morgan fingerprint density at radius 2 is 2.14 bits per heavy atom. The van der Waals surface area contributed by atoms with Crippen molar-refractivity contribution in [1.29, 1.82) is 0 Å². The van der Waals surface area contributed by atoms with Crippen LogP contribution < -0.4 is 16.0 Å². The van der Waals surface area contributed by atoms with Crippen molar-refractivity contribution < 1.29 is 18.1 Å². The number of sulfonamides is 1. The third kappa shape index (κ3) is 4.11. The Bertz CT molecular complexity index is 605. The van der Waals surface area contributed by atoms with Gasteiger partial charge in [-0.15, -0.1) is 0 Å². The summed E-state index contributed by atoms with van der Waals surface area (Å²) < 4.78 is 31.9. The summed E-state index contributed by atoms with van der Waals surface area (Å²) >= 11 is 0. The van der Waals surface area contributed by atoms with Crippen LogP contribution >= 0.6 is 0 Å². The molecule has 1 unspecified atom stereocenters. The largest absolute Gasteiger partial charge is 0.383 e. The fraction of sp³-hybridized carbons (Fsp3) is 0.455. The van der Waals surface area contributed by atoms with Gasteiger partial charge in [-0.3, -0.25) is 16.0 Å². The second kappa shape index (κ2) is 7.31. The Morgan fingerprint density at radius 3 is 2.62 bits per heavy atom. The smallest absolute Gasteiger partial charge is 0.313 e. The van der Waals surface area contributed by atoms with Gasteiger partial charge in [0, 0.05) is 13.2 Å². The molecule has 4 N–H and O–H groups in total. The molecule has 1 atom stereocenters. The number of nitrogen functional groups attached to an aromatic ring is 1. The van der Waals surface area contributed by atoms with Gasteiger partial charge in [0.2, 0.25) is 10.0 Å². The van der Waals surface area contributed by atoms with Gasteiger partial charge >= 0.3 is 5.69 Å². The molecule has 0 aliphatic rings. The monoisotopic (exact) mass is 318 g/mol. The van der Waals surface area contributed by atoms with Crippen LogP contribution in [0.15, 0.2) is 23.1 Å². The second-order valence-corrected chi connectivity index (χ2v) is 5.92. The van der Waals surface area contributed by atoms with Crippen LogP contribution in [0.2, 0.25) is 0 Å². The molecule has 10 heteroatoms. The number of benzene rings is 1. The third-order valence-electron chi connectivity index (χ3n) is 2.81. The number of nitrogens with zero attached hydrogens (tertiary/aromatic N) is 1. The lowest BCUT2D eigenvalue weighted by molar-refractivity contribution is -0.386. The maximum Gasteiger partial charge on any atom is 0.313 e. The van der Waals surface area contributed by atoms with Crippen LogP contribution in [0.5, 0.6) is 0 Å². The van der Waals surface area contributed by atoms with E-state index in [9.17, 15) is 18.5 Å². The predicted octanol–water partition coefficient (Wildman–Crippen LogP) is 0.584. The molecule has 0 spiro atoms. The van der Waals surface area contributed by atoms with Gasteiger partial charge in [0.25, 0.3) is 0 Å². The van der Waals surface area contributed by atoms with E-state index in [4.69, 9.17) is 10.6 Å². The van der Waals surface area contributed by atoms with E-state index in [2.05, 4.69) is 10.1 Å². The minimum absolute atomic E-state index is 0.0809. The lowest BCUT2D eigenvalue weighted by atomic mass is 10.3. The molecule has 0 aromatic heterocycles. The van der Waals surface area contributed by atoms with Crippen molar-refractivity contribution in [3.8, 4) is 0 Å². The van der Waals surface area contributed by atoms with E-state index >= 15 is 0 Å². The van der Waals surface area contributed by atoms with Gasteiger partial charge in [-0.05, 0) is 18.6 Å². The zero-order chi connectivity index (χ0) is 16.0. The predicted molar refractivity (Wildman–Crippen MR) is 77.2 cm³/mol. The number of para-hydroxylation sites is 1. The van der Waals surface area contributed by atoms with Crippen LogP contribution in [0.4, 0.5) is 11.4 Å². The molecule has 1 aromatic rings. The highest BCUT2D eigenvalue weighted by Gasteiger charge is 2.30. The van der Waals surface area contributed by atoms with Gasteiger partial charge in [-0.2, -0.15) is 0 Å². The molecule has 0 saturated carbocycles. The maximum atomic E-state index is 12.3. The minimum atomic E-state index is -4.07. The minimum Gasteiger partial charge on any atom is -0.383 e. The molecule has 0 fully saturated rings. The third-order valence-corrected chi connectivity index (χ3v) is 4.36. The molecule has 0 amide bonds. The molecule has 0 aliphatic heterocycles. The van der Waals surface area contributed by atoms with Crippen molar-refractivity contribution in [3.05, 3.63) is 28.3 Å². The number of nitrogens with two attached hydrogens (primary N) is 1. The van der Waals surface area contributed by atoms with Crippen molar-refractivity contribution in [2.24, 2.45) is 5.84 Å². The van der Waals surface area contributed by atoms with E-state index in [0.717, 1.165) is 6.07 Å².